The first-order valence-electron chi connectivity index (χ1n) is 8.77. The number of furan rings is 1. The van der Waals surface area contributed by atoms with E-state index in [1.807, 2.05) is 30.3 Å². The highest BCUT2D eigenvalue weighted by Gasteiger charge is 2.30. The predicted molar refractivity (Wildman–Crippen MR) is 103 cm³/mol. The van der Waals surface area contributed by atoms with Gasteiger partial charge in [0.25, 0.3) is 15.9 Å². The summed E-state index contributed by atoms with van der Waals surface area (Å²) in [6.45, 7) is 0.139. The number of halogens is 3. The van der Waals surface area contributed by atoms with Gasteiger partial charge in [0.15, 0.2) is 5.76 Å². The number of anilines is 1. The minimum absolute atomic E-state index is 0.106. The Hall–Kier alpha value is -3.11. The number of hydrogen-bond donors (Lipinski definition) is 2. The number of benzene rings is 2. The molecule has 1 aromatic heterocycles. The van der Waals surface area contributed by atoms with Crippen LogP contribution in [-0.4, -0.2) is 20.9 Å². The Balaban J connectivity index is 1.61. The maximum absolute atomic E-state index is 12.6. The number of carbonyl (C=O) groups excluding carboxylic acids is 1. The maximum atomic E-state index is 12.6. The molecule has 6 nitrogen and oxygen atoms in total. The smallest absolute Gasteiger partial charge is 0.416 e. The Labute approximate surface area is 170 Å². The van der Waals surface area contributed by atoms with Gasteiger partial charge in [0, 0.05) is 12.2 Å². The highest BCUT2D eigenvalue weighted by molar-refractivity contribution is 7.89. The third kappa shape index (κ3) is 5.49. The number of carbonyl (C=O) groups is 1. The van der Waals surface area contributed by atoms with Crippen LogP contribution in [0.25, 0.3) is 0 Å². The molecule has 0 fully saturated rings. The summed E-state index contributed by atoms with van der Waals surface area (Å²) in [5.74, 6) is -1.08. The molecule has 0 saturated carbocycles. The largest absolute Gasteiger partial charge is 0.438 e. The second-order valence-electron chi connectivity index (χ2n) is 6.28. The van der Waals surface area contributed by atoms with E-state index in [1.54, 1.807) is 0 Å². The van der Waals surface area contributed by atoms with Crippen LogP contribution in [-0.2, 0) is 22.6 Å². The Morgan fingerprint density at radius 1 is 0.933 bits per heavy atom. The number of rotatable bonds is 7. The molecule has 3 rings (SSSR count). The number of hydrogen-bond acceptors (Lipinski definition) is 4. The second kappa shape index (κ2) is 8.72. The van der Waals surface area contributed by atoms with Crippen LogP contribution < -0.4 is 10.0 Å². The topological polar surface area (TPSA) is 88.4 Å². The summed E-state index contributed by atoms with van der Waals surface area (Å²) in [6, 6.07) is 15.4. The van der Waals surface area contributed by atoms with Gasteiger partial charge in [-0.05, 0) is 48.4 Å². The van der Waals surface area contributed by atoms with Crippen LogP contribution in [0.3, 0.4) is 0 Å². The van der Waals surface area contributed by atoms with Crippen molar-refractivity contribution in [3.8, 4) is 0 Å². The molecule has 3 aromatic rings. The molecule has 10 heteroatoms. The molecule has 1 amide bonds. The van der Waals surface area contributed by atoms with Crippen molar-refractivity contribution in [3.05, 3.63) is 83.6 Å². The molecule has 2 N–H and O–H groups in total. The van der Waals surface area contributed by atoms with Gasteiger partial charge in [-0.25, -0.2) is 13.1 Å². The molecule has 0 bridgehead atoms. The third-order valence-electron chi connectivity index (χ3n) is 4.09. The summed E-state index contributed by atoms with van der Waals surface area (Å²) >= 11 is 0. The summed E-state index contributed by atoms with van der Waals surface area (Å²) in [6.07, 6.45) is -4.01. The van der Waals surface area contributed by atoms with Gasteiger partial charge >= 0.3 is 6.18 Å². The van der Waals surface area contributed by atoms with E-state index < -0.39 is 32.8 Å². The molecule has 30 heavy (non-hydrogen) atoms. The minimum Gasteiger partial charge on any atom is -0.438 e. The highest BCUT2D eigenvalue weighted by atomic mass is 32.2. The molecule has 158 valence electrons. The quantitative estimate of drug-likeness (QED) is 0.582. The Kier molecular flexibility index (Phi) is 6.28. The van der Waals surface area contributed by atoms with Crippen molar-refractivity contribution >= 4 is 21.6 Å². The first-order chi connectivity index (χ1) is 14.1. The molecule has 0 aliphatic rings. The van der Waals surface area contributed by atoms with E-state index in [0.717, 1.165) is 35.9 Å². The van der Waals surface area contributed by atoms with E-state index in [0.29, 0.717) is 6.42 Å². The molecule has 0 radical (unpaired) electrons. The zero-order valence-electron chi connectivity index (χ0n) is 15.4. The molecule has 0 spiro atoms. The molecule has 0 atom stereocenters. The zero-order chi connectivity index (χ0) is 21.8. The van der Waals surface area contributed by atoms with Crippen molar-refractivity contribution in [2.45, 2.75) is 17.7 Å². The van der Waals surface area contributed by atoms with Gasteiger partial charge in [-0.3, -0.25) is 4.79 Å². The first kappa shape index (κ1) is 21.6. The lowest BCUT2D eigenvalue weighted by Crippen LogP contribution is -2.25. The zero-order valence-corrected chi connectivity index (χ0v) is 16.3. The van der Waals surface area contributed by atoms with Crippen molar-refractivity contribution in [3.63, 3.8) is 0 Å². The minimum atomic E-state index is -4.49. The van der Waals surface area contributed by atoms with Gasteiger partial charge in [-0.2, -0.15) is 13.2 Å². The lowest BCUT2D eigenvalue weighted by Gasteiger charge is -2.08. The normalized spacial score (nSPS) is 12.0. The monoisotopic (exact) mass is 438 g/mol. The number of alkyl halides is 3. The van der Waals surface area contributed by atoms with Gasteiger partial charge < -0.3 is 9.73 Å². The SMILES string of the molecule is O=C(Nc1ccc(C(F)(F)F)cc1)c1ccc(S(=O)(=O)NCCc2ccccc2)o1. The average molecular weight is 438 g/mol. The van der Waals surface area contributed by atoms with Crippen LogP contribution in [0.1, 0.15) is 21.7 Å². The van der Waals surface area contributed by atoms with Gasteiger partial charge in [0.05, 0.1) is 5.56 Å². The number of nitrogens with one attached hydrogen (secondary N) is 2. The summed E-state index contributed by atoms with van der Waals surface area (Å²) in [7, 11) is -3.96. The van der Waals surface area contributed by atoms with Crippen molar-refractivity contribution in [1.29, 1.82) is 0 Å². The average Bonchev–Trinajstić information content (AvgIpc) is 3.20. The van der Waals surface area contributed by atoms with Crippen LogP contribution in [0.2, 0.25) is 0 Å². The van der Waals surface area contributed by atoms with Crippen LogP contribution in [0.5, 0.6) is 0 Å². The fourth-order valence-electron chi connectivity index (χ4n) is 2.57. The van der Waals surface area contributed by atoms with Crippen molar-refractivity contribution < 1.29 is 30.8 Å². The number of sulfonamides is 1. The third-order valence-corrected chi connectivity index (χ3v) is 5.42. The van der Waals surface area contributed by atoms with Crippen LogP contribution in [0, 0.1) is 0 Å². The van der Waals surface area contributed by atoms with E-state index >= 15 is 0 Å². The first-order valence-corrected chi connectivity index (χ1v) is 10.3. The molecular weight excluding hydrogens is 421 g/mol. The molecule has 0 aliphatic heterocycles. The van der Waals surface area contributed by atoms with Gasteiger partial charge in [-0.15, -0.1) is 0 Å². The lowest BCUT2D eigenvalue weighted by atomic mass is 10.2. The van der Waals surface area contributed by atoms with Crippen LogP contribution in [0.15, 0.2) is 76.2 Å². The van der Waals surface area contributed by atoms with Crippen molar-refractivity contribution in [2.24, 2.45) is 0 Å². The molecule has 0 aliphatic carbocycles. The molecular formula is C20H17F3N2O4S. The van der Waals surface area contributed by atoms with Crippen molar-refractivity contribution in [2.75, 3.05) is 11.9 Å². The van der Waals surface area contributed by atoms with Crippen molar-refractivity contribution in [1.82, 2.24) is 4.72 Å². The fourth-order valence-corrected chi connectivity index (χ4v) is 3.53. The second-order valence-corrected chi connectivity index (χ2v) is 7.98. The van der Waals surface area contributed by atoms with E-state index in [9.17, 15) is 26.4 Å². The van der Waals surface area contributed by atoms with E-state index in [2.05, 4.69) is 10.0 Å². The van der Waals surface area contributed by atoms with Gasteiger partial charge in [0.1, 0.15) is 0 Å². The van der Waals surface area contributed by atoms with E-state index in [1.165, 1.54) is 6.07 Å². The number of amides is 1. The molecule has 2 aromatic carbocycles. The standard InChI is InChI=1S/C20H17F3N2O4S/c21-20(22,23)15-6-8-16(9-7-15)25-19(26)17-10-11-18(29-17)30(27,28)24-13-12-14-4-2-1-3-5-14/h1-11,24H,12-13H2,(H,25,26). The summed E-state index contributed by atoms with van der Waals surface area (Å²) < 4.78 is 69.9. The van der Waals surface area contributed by atoms with E-state index in [-0.39, 0.29) is 18.0 Å². The van der Waals surface area contributed by atoms with E-state index in [4.69, 9.17) is 4.42 Å². The summed E-state index contributed by atoms with van der Waals surface area (Å²) in [5.41, 5.74) is 0.208. The summed E-state index contributed by atoms with van der Waals surface area (Å²) in [5, 5.41) is 1.91. The van der Waals surface area contributed by atoms with Crippen LogP contribution in [0.4, 0.5) is 18.9 Å². The Morgan fingerprint density at radius 3 is 2.23 bits per heavy atom. The van der Waals surface area contributed by atoms with Crippen LogP contribution >= 0.6 is 0 Å². The lowest BCUT2D eigenvalue weighted by molar-refractivity contribution is -0.137. The molecule has 0 unspecified atom stereocenters. The van der Waals surface area contributed by atoms with Gasteiger partial charge in [-0.1, -0.05) is 30.3 Å². The van der Waals surface area contributed by atoms with Gasteiger partial charge in [0.2, 0.25) is 5.09 Å². The maximum Gasteiger partial charge on any atom is 0.416 e. The highest BCUT2D eigenvalue weighted by Crippen LogP contribution is 2.30. The fraction of sp³-hybridized carbons (Fsp3) is 0.150. The molecule has 0 saturated heterocycles. The Morgan fingerprint density at radius 2 is 1.60 bits per heavy atom. The summed E-state index contributed by atoms with van der Waals surface area (Å²) in [4.78, 5) is 12.2. The molecule has 1 heterocycles. The Bertz CT molecular complexity index is 1110. The predicted octanol–water partition coefficient (Wildman–Crippen LogP) is 4.07.